The van der Waals surface area contributed by atoms with Gasteiger partial charge in [-0.25, -0.2) is 4.79 Å². The molecular formula is C20H23N3O4. The Morgan fingerprint density at radius 1 is 0.963 bits per heavy atom. The molecule has 3 amide bonds. The molecule has 0 bridgehead atoms. The Balaban J connectivity index is 1.91. The monoisotopic (exact) mass is 369 g/mol. The van der Waals surface area contributed by atoms with Crippen molar-refractivity contribution in [2.75, 3.05) is 17.2 Å². The number of benzene rings is 2. The number of carboxylic acid groups (broad SMARTS) is 1. The van der Waals surface area contributed by atoms with Gasteiger partial charge in [0.25, 0.3) is 5.91 Å². The summed E-state index contributed by atoms with van der Waals surface area (Å²) in [6.45, 7) is 2.60. The summed E-state index contributed by atoms with van der Waals surface area (Å²) in [4.78, 5) is 34.6. The Labute approximate surface area is 157 Å². The average Bonchev–Trinajstić information content (AvgIpc) is 2.65. The molecule has 142 valence electrons. The lowest BCUT2D eigenvalue weighted by molar-refractivity contribution is -0.136. The van der Waals surface area contributed by atoms with Gasteiger partial charge in [-0.1, -0.05) is 19.1 Å². The van der Waals surface area contributed by atoms with Crippen molar-refractivity contribution in [2.45, 2.75) is 26.2 Å². The Bertz CT molecular complexity index is 803. The van der Waals surface area contributed by atoms with Crippen molar-refractivity contribution in [2.24, 2.45) is 0 Å². The Hall–Kier alpha value is -3.35. The Morgan fingerprint density at radius 3 is 2.33 bits per heavy atom. The van der Waals surface area contributed by atoms with Gasteiger partial charge in [-0.05, 0) is 54.8 Å². The van der Waals surface area contributed by atoms with Crippen LogP contribution < -0.4 is 16.0 Å². The summed E-state index contributed by atoms with van der Waals surface area (Å²) < 4.78 is 0. The molecular weight excluding hydrogens is 346 g/mol. The zero-order chi connectivity index (χ0) is 19.6. The van der Waals surface area contributed by atoms with Gasteiger partial charge in [0.15, 0.2) is 0 Å². The molecule has 0 unspecified atom stereocenters. The smallest absolute Gasteiger partial charge is 0.323 e. The number of carboxylic acids is 1. The van der Waals surface area contributed by atoms with Crippen LogP contribution in [-0.2, 0) is 11.2 Å². The molecule has 0 spiro atoms. The maximum absolute atomic E-state index is 12.1. The second-order valence-electron chi connectivity index (χ2n) is 6.01. The summed E-state index contributed by atoms with van der Waals surface area (Å²) >= 11 is 0. The number of anilines is 2. The largest absolute Gasteiger partial charge is 0.481 e. The zero-order valence-electron chi connectivity index (χ0n) is 15.1. The van der Waals surface area contributed by atoms with Crippen LogP contribution in [0, 0.1) is 0 Å². The summed E-state index contributed by atoms with van der Waals surface area (Å²) in [6, 6.07) is 13.2. The number of nitrogens with one attached hydrogen (secondary N) is 3. The molecule has 0 aliphatic rings. The molecule has 0 saturated carbocycles. The van der Waals surface area contributed by atoms with E-state index in [1.54, 1.807) is 42.5 Å². The predicted molar refractivity (Wildman–Crippen MR) is 104 cm³/mol. The SMILES string of the molecule is CCCNC(=O)c1ccc(NC(=O)Nc2cccc(CCC(=O)O)c2)cc1. The second-order valence-corrected chi connectivity index (χ2v) is 6.01. The highest BCUT2D eigenvalue weighted by Gasteiger charge is 2.07. The standard InChI is InChI=1S/C20H23N3O4/c1-2-12-21-19(26)15-7-9-16(10-8-15)22-20(27)23-17-5-3-4-14(13-17)6-11-18(24)25/h3-5,7-10,13H,2,6,11-12H2,1H3,(H,21,26)(H,24,25)(H2,22,23,27). The van der Waals surface area contributed by atoms with E-state index in [0.717, 1.165) is 12.0 Å². The number of hydrogen-bond acceptors (Lipinski definition) is 3. The van der Waals surface area contributed by atoms with Gasteiger partial charge < -0.3 is 21.1 Å². The Kier molecular flexibility index (Phi) is 7.37. The third-order valence-corrected chi connectivity index (χ3v) is 3.75. The molecule has 2 aromatic rings. The highest BCUT2D eigenvalue weighted by Crippen LogP contribution is 2.14. The van der Waals surface area contributed by atoms with Gasteiger partial charge in [-0.2, -0.15) is 0 Å². The minimum atomic E-state index is -0.863. The van der Waals surface area contributed by atoms with Crippen LogP contribution in [0.3, 0.4) is 0 Å². The third kappa shape index (κ3) is 6.81. The fraction of sp³-hybridized carbons (Fsp3) is 0.250. The van der Waals surface area contributed by atoms with Gasteiger partial charge in [0.05, 0.1) is 0 Å². The van der Waals surface area contributed by atoms with E-state index >= 15 is 0 Å². The average molecular weight is 369 g/mol. The molecule has 0 radical (unpaired) electrons. The maximum Gasteiger partial charge on any atom is 0.323 e. The number of amides is 3. The quantitative estimate of drug-likeness (QED) is 0.571. The lowest BCUT2D eigenvalue weighted by atomic mass is 10.1. The third-order valence-electron chi connectivity index (χ3n) is 3.75. The summed E-state index contributed by atoms with van der Waals surface area (Å²) in [5.74, 6) is -1.01. The zero-order valence-corrected chi connectivity index (χ0v) is 15.1. The number of carbonyl (C=O) groups is 3. The first kappa shape index (κ1) is 20.0. The van der Waals surface area contributed by atoms with E-state index in [-0.39, 0.29) is 12.3 Å². The van der Waals surface area contributed by atoms with Crippen LogP contribution in [0.4, 0.5) is 16.2 Å². The van der Waals surface area contributed by atoms with Crippen LogP contribution in [0.1, 0.15) is 35.7 Å². The van der Waals surface area contributed by atoms with Crippen molar-refractivity contribution in [3.05, 3.63) is 59.7 Å². The first-order valence-corrected chi connectivity index (χ1v) is 8.75. The lowest BCUT2D eigenvalue weighted by Crippen LogP contribution is -2.24. The summed E-state index contributed by atoms with van der Waals surface area (Å²) in [5, 5.41) is 16.9. The van der Waals surface area contributed by atoms with Gasteiger partial charge in [0.1, 0.15) is 0 Å². The minimum absolute atomic E-state index is 0.0355. The number of rotatable bonds is 8. The summed E-state index contributed by atoms with van der Waals surface area (Å²) in [5.41, 5.74) is 2.49. The fourth-order valence-electron chi connectivity index (χ4n) is 2.39. The molecule has 0 aromatic heterocycles. The molecule has 0 aliphatic carbocycles. The number of hydrogen-bond donors (Lipinski definition) is 4. The van der Waals surface area contributed by atoms with E-state index in [9.17, 15) is 14.4 Å². The highest BCUT2D eigenvalue weighted by atomic mass is 16.4. The van der Waals surface area contributed by atoms with E-state index in [2.05, 4.69) is 16.0 Å². The number of aryl methyl sites for hydroxylation is 1. The van der Waals surface area contributed by atoms with Crippen molar-refractivity contribution in [3.8, 4) is 0 Å². The first-order valence-electron chi connectivity index (χ1n) is 8.75. The van der Waals surface area contributed by atoms with Crippen molar-refractivity contribution in [3.63, 3.8) is 0 Å². The number of aliphatic carboxylic acids is 1. The molecule has 0 atom stereocenters. The van der Waals surface area contributed by atoms with E-state index in [0.29, 0.717) is 29.9 Å². The van der Waals surface area contributed by atoms with Crippen molar-refractivity contribution in [1.82, 2.24) is 5.32 Å². The van der Waals surface area contributed by atoms with Gasteiger partial charge in [0, 0.05) is 29.9 Å². The molecule has 4 N–H and O–H groups in total. The predicted octanol–water partition coefficient (Wildman–Crippen LogP) is 3.49. The van der Waals surface area contributed by atoms with Crippen LogP contribution in [0.15, 0.2) is 48.5 Å². The molecule has 0 saturated heterocycles. The summed E-state index contributed by atoms with van der Waals surface area (Å²) in [7, 11) is 0. The molecule has 0 aliphatic heterocycles. The van der Waals surface area contributed by atoms with Gasteiger partial charge in [-0.15, -0.1) is 0 Å². The highest BCUT2D eigenvalue weighted by molar-refractivity contribution is 6.00. The molecule has 0 heterocycles. The van der Waals surface area contributed by atoms with E-state index in [1.165, 1.54) is 0 Å². The summed E-state index contributed by atoms with van der Waals surface area (Å²) in [6.07, 6.45) is 1.30. The van der Waals surface area contributed by atoms with E-state index in [1.807, 2.05) is 13.0 Å². The molecule has 7 nitrogen and oxygen atoms in total. The second kappa shape index (κ2) is 9.96. The maximum atomic E-state index is 12.1. The van der Waals surface area contributed by atoms with Crippen LogP contribution in [0.25, 0.3) is 0 Å². The van der Waals surface area contributed by atoms with Crippen molar-refractivity contribution in [1.29, 1.82) is 0 Å². The van der Waals surface area contributed by atoms with Crippen LogP contribution in [-0.4, -0.2) is 29.6 Å². The normalized spacial score (nSPS) is 10.1. The molecule has 2 aromatic carbocycles. The molecule has 2 rings (SSSR count). The van der Waals surface area contributed by atoms with E-state index in [4.69, 9.17) is 5.11 Å². The van der Waals surface area contributed by atoms with Gasteiger partial charge in [-0.3, -0.25) is 9.59 Å². The number of urea groups is 1. The van der Waals surface area contributed by atoms with Crippen LogP contribution >= 0.6 is 0 Å². The molecule has 7 heteroatoms. The fourth-order valence-corrected chi connectivity index (χ4v) is 2.39. The van der Waals surface area contributed by atoms with Gasteiger partial charge >= 0.3 is 12.0 Å². The number of carbonyl (C=O) groups excluding carboxylic acids is 2. The Morgan fingerprint density at radius 2 is 1.67 bits per heavy atom. The molecule has 0 fully saturated rings. The van der Waals surface area contributed by atoms with E-state index < -0.39 is 12.0 Å². The van der Waals surface area contributed by atoms with Gasteiger partial charge in [0.2, 0.25) is 0 Å². The topological polar surface area (TPSA) is 108 Å². The van der Waals surface area contributed by atoms with Crippen LogP contribution in [0.5, 0.6) is 0 Å². The first-order chi connectivity index (χ1) is 13.0. The minimum Gasteiger partial charge on any atom is -0.481 e. The van der Waals surface area contributed by atoms with Crippen molar-refractivity contribution < 1.29 is 19.5 Å². The van der Waals surface area contributed by atoms with Crippen LogP contribution in [0.2, 0.25) is 0 Å². The van der Waals surface area contributed by atoms with Crippen molar-refractivity contribution >= 4 is 29.3 Å². The molecule has 27 heavy (non-hydrogen) atoms. The lowest BCUT2D eigenvalue weighted by Gasteiger charge is -2.10.